The lowest BCUT2D eigenvalue weighted by Crippen LogP contribution is -2.23. The average molecular weight is 421 g/mol. The fourth-order valence-corrected chi connectivity index (χ4v) is 3.37. The van der Waals surface area contributed by atoms with Crippen molar-refractivity contribution in [1.29, 1.82) is 0 Å². The number of hydrogen-bond acceptors (Lipinski definition) is 4. The first kappa shape index (κ1) is 23.8. The van der Waals surface area contributed by atoms with Crippen LogP contribution in [0.2, 0.25) is 0 Å². The van der Waals surface area contributed by atoms with Crippen molar-refractivity contribution >= 4 is 23.3 Å². The van der Waals surface area contributed by atoms with Crippen LogP contribution in [-0.4, -0.2) is 29.4 Å². The summed E-state index contributed by atoms with van der Waals surface area (Å²) in [5.74, 6) is -1.18. The van der Waals surface area contributed by atoms with Gasteiger partial charge >= 0.3 is 11.9 Å². The number of esters is 1. The van der Waals surface area contributed by atoms with Gasteiger partial charge in [0, 0.05) is 5.56 Å². The predicted octanol–water partition coefficient (Wildman–Crippen LogP) is 5.46. The first-order valence-corrected chi connectivity index (χ1v) is 10.1. The highest BCUT2D eigenvalue weighted by atomic mass is 16.5. The number of fused-ring (bicyclic) bond motifs is 1. The maximum atomic E-state index is 11.8. The molecule has 5 heteroatoms. The third-order valence-corrected chi connectivity index (χ3v) is 5.08. The number of rotatable bonds is 6. The third kappa shape index (κ3) is 6.25. The number of benzene rings is 2. The highest BCUT2D eigenvalue weighted by molar-refractivity contribution is 6.04. The molecule has 0 aromatic heterocycles. The molecule has 2 aromatic rings. The molecule has 1 aliphatic rings. The lowest BCUT2D eigenvalue weighted by molar-refractivity contribution is -0.141. The van der Waals surface area contributed by atoms with Crippen LogP contribution in [0.25, 0.3) is 5.57 Å². The van der Waals surface area contributed by atoms with Crippen LogP contribution in [0.5, 0.6) is 0 Å². The first-order chi connectivity index (χ1) is 14.7. The number of carboxylic acids is 1. The van der Waals surface area contributed by atoms with E-state index in [1.807, 2.05) is 12.1 Å². The highest BCUT2D eigenvalue weighted by Crippen LogP contribution is 2.40. The molecule has 5 nitrogen and oxygen atoms in total. The van der Waals surface area contributed by atoms with Gasteiger partial charge in [-0.1, -0.05) is 56.8 Å². The third-order valence-electron chi connectivity index (χ3n) is 5.08. The zero-order chi connectivity index (χ0) is 23.0. The van der Waals surface area contributed by atoms with E-state index < -0.39 is 5.97 Å². The fraction of sp³-hybridized carbons (Fsp3) is 0.269. The second-order valence-electron chi connectivity index (χ2n) is 7.80. The molecule has 1 N–H and O–H groups in total. The Bertz CT molecular complexity index is 1000. The molecule has 0 amide bonds. The second-order valence-corrected chi connectivity index (χ2v) is 7.80. The molecule has 0 saturated carbocycles. The van der Waals surface area contributed by atoms with Crippen LogP contribution >= 0.6 is 0 Å². The Morgan fingerprint density at radius 1 is 1.10 bits per heavy atom. The number of aromatic carboxylic acids is 1. The van der Waals surface area contributed by atoms with Crippen molar-refractivity contribution in [1.82, 2.24) is 0 Å². The number of carboxylic acid groups (broad SMARTS) is 1. The summed E-state index contributed by atoms with van der Waals surface area (Å²) < 4.78 is 5.04. The minimum Gasteiger partial charge on any atom is -0.478 e. The van der Waals surface area contributed by atoms with E-state index in [9.17, 15) is 14.4 Å². The van der Waals surface area contributed by atoms with Crippen molar-refractivity contribution in [3.8, 4) is 0 Å². The predicted molar refractivity (Wildman–Crippen MR) is 121 cm³/mol. The van der Waals surface area contributed by atoms with E-state index >= 15 is 0 Å². The summed E-state index contributed by atoms with van der Waals surface area (Å²) in [6, 6.07) is 13.9. The molecule has 0 atom stereocenters. The maximum Gasteiger partial charge on any atom is 0.335 e. The molecule has 0 radical (unpaired) electrons. The fourth-order valence-electron chi connectivity index (χ4n) is 3.37. The second kappa shape index (κ2) is 10.5. The monoisotopic (exact) mass is 420 g/mol. The van der Waals surface area contributed by atoms with E-state index in [4.69, 9.17) is 9.84 Å². The minimum absolute atomic E-state index is 0.0645. The number of carbonyl (C=O) groups is 3. The largest absolute Gasteiger partial charge is 0.478 e. The molecule has 0 unspecified atom stereocenters. The van der Waals surface area contributed by atoms with Crippen LogP contribution in [0, 0.1) is 0 Å². The van der Waals surface area contributed by atoms with Crippen molar-refractivity contribution in [3.63, 3.8) is 0 Å². The van der Waals surface area contributed by atoms with Crippen LogP contribution in [-0.2, 0) is 14.9 Å². The summed E-state index contributed by atoms with van der Waals surface area (Å²) in [6.07, 6.45) is 4.54. The number of carbonyl (C=O) groups excluding carboxylic acids is 2. The van der Waals surface area contributed by atoms with Gasteiger partial charge in [0.15, 0.2) is 5.78 Å². The standard InChI is InChI=1S/C19H22O3.C7H6O2/c1-5-17(20)14-7-8-15-13(12-18(21)22-6-2)9-10-19(3,4)16(15)11-14;8-7(9)6-4-2-1-3-5-6/h5,7-9,11H,1,6,10,12H2,2-4H3;1-5H,(H,8,9). The Hall–Kier alpha value is -3.47. The normalized spacial score (nSPS) is 13.6. The van der Waals surface area contributed by atoms with Gasteiger partial charge in [0.25, 0.3) is 0 Å². The van der Waals surface area contributed by atoms with Gasteiger partial charge in [-0.3, -0.25) is 9.59 Å². The minimum atomic E-state index is -0.879. The van der Waals surface area contributed by atoms with Crippen molar-refractivity contribution in [2.45, 2.75) is 39.0 Å². The number of hydrogen-bond donors (Lipinski definition) is 1. The lowest BCUT2D eigenvalue weighted by atomic mass is 9.72. The molecule has 3 rings (SSSR count). The van der Waals surface area contributed by atoms with Crippen LogP contribution in [0.3, 0.4) is 0 Å². The van der Waals surface area contributed by atoms with Crippen LogP contribution < -0.4 is 0 Å². The molecular formula is C26H28O5. The van der Waals surface area contributed by atoms with Gasteiger partial charge in [-0.05, 0) is 59.7 Å². The van der Waals surface area contributed by atoms with Gasteiger partial charge in [-0.25, -0.2) is 4.79 Å². The summed E-state index contributed by atoms with van der Waals surface area (Å²) in [6.45, 7) is 10.0. The van der Waals surface area contributed by atoms with E-state index in [2.05, 4.69) is 26.5 Å². The van der Waals surface area contributed by atoms with Crippen molar-refractivity contribution < 1.29 is 24.2 Å². The number of allylic oxidation sites excluding steroid dienone is 2. The van der Waals surface area contributed by atoms with Gasteiger partial charge < -0.3 is 9.84 Å². The molecule has 162 valence electrons. The zero-order valence-corrected chi connectivity index (χ0v) is 18.2. The molecule has 0 fully saturated rings. The number of ketones is 1. The Balaban J connectivity index is 0.000000316. The highest BCUT2D eigenvalue weighted by Gasteiger charge is 2.29. The Morgan fingerprint density at radius 3 is 2.32 bits per heavy atom. The summed E-state index contributed by atoms with van der Waals surface area (Å²) in [5.41, 5.74) is 4.01. The topological polar surface area (TPSA) is 80.7 Å². The molecule has 0 heterocycles. The van der Waals surface area contributed by atoms with E-state index in [0.29, 0.717) is 17.7 Å². The van der Waals surface area contributed by atoms with Crippen molar-refractivity contribution in [3.05, 3.63) is 89.5 Å². The van der Waals surface area contributed by atoms with Gasteiger partial charge in [-0.15, -0.1) is 0 Å². The van der Waals surface area contributed by atoms with Crippen molar-refractivity contribution in [2.75, 3.05) is 6.61 Å². The average Bonchev–Trinajstić information content (AvgIpc) is 2.76. The zero-order valence-electron chi connectivity index (χ0n) is 18.2. The van der Waals surface area contributed by atoms with Gasteiger partial charge in [0.2, 0.25) is 0 Å². The summed E-state index contributed by atoms with van der Waals surface area (Å²) >= 11 is 0. The SMILES string of the molecule is C=CC(=O)c1ccc2c(c1)C(C)(C)CC=C2CC(=O)OCC.O=C(O)c1ccccc1. The Labute approximate surface area is 183 Å². The van der Waals surface area contributed by atoms with E-state index in [1.54, 1.807) is 43.3 Å². The van der Waals surface area contributed by atoms with Gasteiger partial charge in [0.1, 0.15) is 0 Å². The first-order valence-electron chi connectivity index (χ1n) is 10.1. The molecular weight excluding hydrogens is 392 g/mol. The Morgan fingerprint density at radius 2 is 1.77 bits per heavy atom. The summed E-state index contributed by atoms with van der Waals surface area (Å²) in [7, 11) is 0. The number of ether oxygens (including phenoxy) is 1. The van der Waals surface area contributed by atoms with Gasteiger partial charge in [-0.2, -0.15) is 0 Å². The lowest BCUT2D eigenvalue weighted by Gasteiger charge is -2.32. The molecule has 0 bridgehead atoms. The van der Waals surface area contributed by atoms with Gasteiger partial charge in [0.05, 0.1) is 18.6 Å². The maximum absolute atomic E-state index is 11.8. The Kier molecular flexibility index (Phi) is 8.08. The smallest absolute Gasteiger partial charge is 0.335 e. The van der Waals surface area contributed by atoms with Crippen LogP contribution in [0.4, 0.5) is 0 Å². The quantitative estimate of drug-likeness (QED) is 0.381. The molecule has 1 aliphatic carbocycles. The van der Waals surface area contributed by atoms with E-state index in [-0.39, 0.29) is 23.6 Å². The van der Waals surface area contributed by atoms with Crippen LogP contribution in [0.1, 0.15) is 65.5 Å². The molecule has 0 spiro atoms. The molecule has 2 aromatic carbocycles. The molecule has 31 heavy (non-hydrogen) atoms. The van der Waals surface area contributed by atoms with E-state index in [0.717, 1.165) is 23.1 Å². The van der Waals surface area contributed by atoms with Crippen molar-refractivity contribution in [2.24, 2.45) is 0 Å². The summed E-state index contributed by atoms with van der Waals surface area (Å²) in [4.78, 5) is 33.8. The van der Waals surface area contributed by atoms with Crippen LogP contribution in [0.15, 0.2) is 67.3 Å². The molecule has 0 saturated heterocycles. The summed E-state index contributed by atoms with van der Waals surface area (Å²) in [5, 5.41) is 8.38. The van der Waals surface area contributed by atoms with E-state index in [1.165, 1.54) is 6.08 Å². The molecule has 0 aliphatic heterocycles.